The van der Waals surface area contributed by atoms with E-state index in [0.29, 0.717) is 23.5 Å². The second-order valence-electron chi connectivity index (χ2n) is 5.78. The highest BCUT2D eigenvalue weighted by Crippen LogP contribution is 2.15. The lowest BCUT2D eigenvalue weighted by molar-refractivity contribution is 0.0941. The summed E-state index contributed by atoms with van der Waals surface area (Å²) in [5, 5.41) is 7.10. The summed E-state index contributed by atoms with van der Waals surface area (Å²) in [4.78, 5) is 12.4. The molecule has 0 spiro atoms. The molecule has 2 aromatic rings. The molecule has 23 heavy (non-hydrogen) atoms. The number of amides is 1. The monoisotopic (exact) mass is 318 g/mol. The standard InChI is InChI=1S/C17H23FN4O/c1-4-17(19,5-2)11-20-16(23)15-10-21-22(12(15)3)14-8-6-13(18)7-9-14/h6-10H,4-5,11,19H2,1-3H3,(H,20,23). The van der Waals surface area contributed by atoms with Crippen LogP contribution in [0.5, 0.6) is 0 Å². The van der Waals surface area contributed by atoms with Gasteiger partial charge in [0.1, 0.15) is 5.82 Å². The molecule has 0 atom stereocenters. The van der Waals surface area contributed by atoms with Gasteiger partial charge in [-0.25, -0.2) is 9.07 Å². The van der Waals surface area contributed by atoms with Crippen LogP contribution in [-0.2, 0) is 0 Å². The lowest BCUT2D eigenvalue weighted by atomic mass is 9.94. The van der Waals surface area contributed by atoms with Crippen LogP contribution >= 0.6 is 0 Å². The molecule has 1 amide bonds. The quantitative estimate of drug-likeness (QED) is 0.860. The average Bonchev–Trinajstić information content (AvgIpc) is 2.95. The predicted molar refractivity (Wildman–Crippen MR) is 88.1 cm³/mol. The zero-order chi connectivity index (χ0) is 17.0. The smallest absolute Gasteiger partial charge is 0.254 e. The van der Waals surface area contributed by atoms with E-state index in [0.717, 1.165) is 12.8 Å². The summed E-state index contributed by atoms with van der Waals surface area (Å²) in [6.45, 7) is 6.24. The van der Waals surface area contributed by atoms with E-state index < -0.39 is 5.54 Å². The fraction of sp³-hybridized carbons (Fsp3) is 0.412. The van der Waals surface area contributed by atoms with Crippen molar-refractivity contribution in [3.8, 4) is 5.69 Å². The molecule has 1 aromatic carbocycles. The fourth-order valence-electron chi connectivity index (χ4n) is 2.33. The van der Waals surface area contributed by atoms with Crippen LogP contribution in [0.2, 0.25) is 0 Å². The number of halogens is 1. The Balaban J connectivity index is 2.15. The van der Waals surface area contributed by atoms with Gasteiger partial charge in [-0.3, -0.25) is 4.79 Å². The van der Waals surface area contributed by atoms with Crippen LogP contribution in [0.1, 0.15) is 42.7 Å². The third-order valence-corrected chi connectivity index (χ3v) is 4.33. The van der Waals surface area contributed by atoms with Gasteiger partial charge < -0.3 is 11.1 Å². The second kappa shape index (κ2) is 6.91. The van der Waals surface area contributed by atoms with Crippen molar-refractivity contribution < 1.29 is 9.18 Å². The largest absolute Gasteiger partial charge is 0.350 e. The molecule has 0 aliphatic carbocycles. The molecule has 0 saturated heterocycles. The summed E-state index contributed by atoms with van der Waals surface area (Å²) < 4.78 is 14.6. The summed E-state index contributed by atoms with van der Waals surface area (Å²) in [6, 6.07) is 5.97. The molecular formula is C17H23FN4O. The van der Waals surface area contributed by atoms with Crippen LogP contribution in [0.15, 0.2) is 30.5 Å². The number of carbonyl (C=O) groups excluding carboxylic acids is 1. The van der Waals surface area contributed by atoms with Gasteiger partial charge in [-0.05, 0) is 44.0 Å². The maximum Gasteiger partial charge on any atom is 0.254 e. The Morgan fingerprint density at radius 1 is 1.30 bits per heavy atom. The van der Waals surface area contributed by atoms with Crippen molar-refractivity contribution in [2.24, 2.45) is 5.73 Å². The van der Waals surface area contributed by atoms with Crippen LogP contribution in [0.3, 0.4) is 0 Å². The summed E-state index contributed by atoms with van der Waals surface area (Å²) in [6.07, 6.45) is 3.10. The molecular weight excluding hydrogens is 295 g/mol. The minimum absolute atomic E-state index is 0.201. The molecule has 2 rings (SSSR count). The molecule has 0 bridgehead atoms. The molecule has 0 fully saturated rings. The third-order valence-electron chi connectivity index (χ3n) is 4.33. The van der Waals surface area contributed by atoms with E-state index in [1.54, 1.807) is 23.7 Å². The molecule has 1 heterocycles. The van der Waals surface area contributed by atoms with Crippen molar-refractivity contribution in [3.63, 3.8) is 0 Å². The molecule has 0 aliphatic heterocycles. The van der Waals surface area contributed by atoms with Gasteiger partial charge in [0.25, 0.3) is 5.91 Å². The van der Waals surface area contributed by atoms with Gasteiger partial charge in [0.2, 0.25) is 0 Å². The Bertz CT molecular complexity index is 674. The summed E-state index contributed by atoms with van der Waals surface area (Å²) in [7, 11) is 0. The van der Waals surface area contributed by atoms with Gasteiger partial charge in [0.15, 0.2) is 0 Å². The van der Waals surface area contributed by atoms with Crippen molar-refractivity contribution in [1.29, 1.82) is 0 Å². The lowest BCUT2D eigenvalue weighted by Gasteiger charge is -2.26. The maximum absolute atomic E-state index is 13.0. The second-order valence-corrected chi connectivity index (χ2v) is 5.78. The fourth-order valence-corrected chi connectivity index (χ4v) is 2.33. The molecule has 0 unspecified atom stereocenters. The lowest BCUT2D eigenvalue weighted by Crippen LogP contribution is -2.49. The zero-order valence-electron chi connectivity index (χ0n) is 13.8. The van der Waals surface area contributed by atoms with Crippen LogP contribution < -0.4 is 11.1 Å². The molecule has 0 aliphatic rings. The molecule has 0 saturated carbocycles. The number of hydrogen-bond acceptors (Lipinski definition) is 3. The van der Waals surface area contributed by atoms with Crippen LogP contribution in [-0.4, -0.2) is 27.8 Å². The highest BCUT2D eigenvalue weighted by molar-refractivity contribution is 5.95. The Morgan fingerprint density at radius 3 is 2.48 bits per heavy atom. The minimum Gasteiger partial charge on any atom is -0.350 e. The Hall–Kier alpha value is -2.21. The van der Waals surface area contributed by atoms with Crippen LogP contribution in [0, 0.1) is 12.7 Å². The minimum atomic E-state index is -0.392. The first kappa shape index (κ1) is 17.1. The van der Waals surface area contributed by atoms with Gasteiger partial charge in [-0.2, -0.15) is 5.10 Å². The molecule has 0 radical (unpaired) electrons. The Kier molecular flexibility index (Phi) is 5.15. The average molecular weight is 318 g/mol. The van der Waals surface area contributed by atoms with Crippen LogP contribution in [0.4, 0.5) is 4.39 Å². The molecule has 124 valence electrons. The number of rotatable bonds is 6. The maximum atomic E-state index is 13.0. The van der Waals surface area contributed by atoms with Gasteiger partial charge in [-0.15, -0.1) is 0 Å². The molecule has 6 heteroatoms. The number of nitrogens with zero attached hydrogens (tertiary/aromatic N) is 2. The molecule has 1 aromatic heterocycles. The van der Waals surface area contributed by atoms with Crippen molar-refractivity contribution in [2.75, 3.05) is 6.54 Å². The van der Waals surface area contributed by atoms with Gasteiger partial charge in [-0.1, -0.05) is 13.8 Å². The normalized spacial score (nSPS) is 11.5. The SMILES string of the molecule is CCC(N)(CC)CNC(=O)c1cnn(-c2ccc(F)cc2)c1C. The predicted octanol–water partition coefficient (Wildman–Crippen LogP) is 2.57. The van der Waals surface area contributed by atoms with Gasteiger partial charge in [0, 0.05) is 12.1 Å². The van der Waals surface area contributed by atoms with Gasteiger partial charge in [0.05, 0.1) is 23.1 Å². The number of hydrogen-bond donors (Lipinski definition) is 2. The molecule has 3 N–H and O–H groups in total. The van der Waals surface area contributed by atoms with Gasteiger partial charge >= 0.3 is 0 Å². The van der Waals surface area contributed by atoms with E-state index in [1.165, 1.54) is 18.3 Å². The van der Waals surface area contributed by atoms with Crippen LogP contribution in [0.25, 0.3) is 5.69 Å². The first-order chi connectivity index (χ1) is 10.9. The van der Waals surface area contributed by atoms with E-state index in [4.69, 9.17) is 5.73 Å². The number of carbonyl (C=O) groups is 1. The number of benzene rings is 1. The first-order valence-electron chi connectivity index (χ1n) is 7.78. The topological polar surface area (TPSA) is 72.9 Å². The first-order valence-corrected chi connectivity index (χ1v) is 7.78. The Morgan fingerprint density at radius 2 is 1.91 bits per heavy atom. The summed E-state index contributed by atoms with van der Waals surface area (Å²) >= 11 is 0. The van der Waals surface area contributed by atoms with E-state index in [-0.39, 0.29) is 11.7 Å². The zero-order valence-corrected chi connectivity index (χ0v) is 13.8. The van der Waals surface area contributed by atoms with Crippen molar-refractivity contribution in [1.82, 2.24) is 15.1 Å². The van der Waals surface area contributed by atoms with Crippen molar-refractivity contribution in [2.45, 2.75) is 39.2 Å². The highest BCUT2D eigenvalue weighted by Gasteiger charge is 2.22. The Labute approximate surface area is 135 Å². The number of nitrogens with two attached hydrogens (primary N) is 1. The van der Waals surface area contributed by atoms with E-state index in [2.05, 4.69) is 10.4 Å². The third kappa shape index (κ3) is 3.76. The van der Waals surface area contributed by atoms with Crippen molar-refractivity contribution >= 4 is 5.91 Å². The highest BCUT2D eigenvalue weighted by atomic mass is 19.1. The number of nitrogens with one attached hydrogen (secondary N) is 1. The summed E-state index contributed by atoms with van der Waals surface area (Å²) in [5.41, 5.74) is 7.70. The summed E-state index contributed by atoms with van der Waals surface area (Å²) in [5.74, 6) is -0.512. The number of aromatic nitrogens is 2. The van der Waals surface area contributed by atoms with Crippen molar-refractivity contribution in [3.05, 3.63) is 47.5 Å². The van der Waals surface area contributed by atoms with E-state index in [1.807, 2.05) is 13.8 Å². The molecule has 5 nitrogen and oxygen atoms in total. The van der Waals surface area contributed by atoms with E-state index in [9.17, 15) is 9.18 Å². The van der Waals surface area contributed by atoms with E-state index >= 15 is 0 Å².